The fraction of sp³-hybridized carbons (Fsp3) is 0.212. The molecule has 0 radical (unpaired) electrons. The number of rotatable bonds is 9. The molecule has 1 atom stereocenters. The summed E-state index contributed by atoms with van der Waals surface area (Å²) >= 11 is 0. The Morgan fingerprint density at radius 3 is 1.62 bits per heavy atom. The van der Waals surface area contributed by atoms with Gasteiger partial charge in [-0.1, -0.05) is 121 Å². The zero-order chi connectivity index (χ0) is 25.5. The quantitative estimate of drug-likeness (QED) is 0.209. The van der Waals surface area contributed by atoms with Crippen LogP contribution >= 0.6 is 0 Å². The molecule has 0 aromatic heterocycles. The maximum Gasteiger partial charge on any atom is 0.331 e. The molecule has 0 N–H and O–H groups in total. The Labute approximate surface area is 219 Å². The molecule has 1 saturated heterocycles. The molecule has 0 amide bonds. The number of ether oxygens (including phenoxy) is 1. The van der Waals surface area contributed by atoms with E-state index in [4.69, 9.17) is 9.73 Å². The van der Waals surface area contributed by atoms with Crippen molar-refractivity contribution in [2.75, 3.05) is 19.7 Å². The van der Waals surface area contributed by atoms with Crippen molar-refractivity contribution in [1.82, 2.24) is 4.90 Å². The first-order valence-corrected chi connectivity index (χ1v) is 12.9. The van der Waals surface area contributed by atoms with Gasteiger partial charge in [0.2, 0.25) is 0 Å². The molecule has 186 valence electrons. The van der Waals surface area contributed by atoms with Gasteiger partial charge in [-0.2, -0.15) is 0 Å². The topological polar surface area (TPSA) is 41.9 Å². The number of benzene rings is 4. The van der Waals surface area contributed by atoms with Gasteiger partial charge < -0.3 is 4.74 Å². The molecule has 1 fully saturated rings. The minimum atomic E-state index is -0.571. The van der Waals surface area contributed by atoms with Crippen LogP contribution in [0.15, 0.2) is 126 Å². The molecule has 5 rings (SSSR count). The Morgan fingerprint density at radius 2 is 1.19 bits per heavy atom. The lowest BCUT2D eigenvalue weighted by atomic mass is 9.86. The first-order chi connectivity index (χ1) is 18.2. The molecular formula is C33H32N2O2. The highest BCUT2D eigenvalue weighted by molar-refractivity contribution is 6.13. The van der Waals surface area contributed by atoms with E-state index >= 15 is 0 Å². The number of aliphatic imine (C=N–C) groups is 1. The first kappa shape index (κ1) is 24.7. The number of likely N-dealkylation sites (tertiary alicyclic amines) is 1. The van der Waals surface area contributed by atoms with Crippen LogP contribution in [0.2, 0.25) is 0 Å². The monoisotopic (exact) mass is 488 g/mol. The van der Waals surface area contributed by atoms with E-state index in [0.717, 1.165) is 29.9 Å². The number of carbonyl (C=O) groups is 1. The third kappa shape index (κ3) is 5.71. The van der Waals surface area contributed by atoms with Crippen molar-refractivity contribution in [3.8, 4) is 0 Å². The van der Waals surface area contributed by atoms with E-state index in [0.29, 0.717) is 6.61 Å². The summed E-state index contributed by atoms with van der Waals surface area (Å²) in [6.07, 6.45) is 0. The summed E-state index contributed by atoms with van der Waals surface area (Å²) in [6, 6.07) is 40.9. The number of nitrogens with zero attached hydrogens (tertiary/aromatic N) is 2. The van der Waals surface area contributed by atoms with Crippen molar-refractivity contribution in [2.45, 2.75) is 19.0 Å². The van der Waals surface area contributed by atoms with E-state index in [-0.39, 0.29) is 17.9 Å². The number of hydrogen-bond acceptors (Lipinski definition) is 4. The normalized spacial score (nSPS) is 14.5. The molecule has 1 unspecified atom stereocenters. The van der Waals surface area contributed by atoms with Crippen LogP contribution in [-0.4, -0.2) is 42.3 Å². The third-order valence-electron chi connectivity index (χ3n) is 6.87. The van der Waals surface area contributed by atoms with Gasteiger partial charge in [0.05, 0.1) is 18.4 Å². The van der Waals surface area contributed by atoms with Crippen LogP contribution in [0.3, 0.4) is 0 Å². The summed E-state index contributed by atoms with van der Waals surface area (Å²) in [5.41, 5.74) is 5.30. The lowest BCUT2D eigenvalue weighted by molar-refractivity contribution is -0.148. The minimum Gasteiger partial charge on any atom is -0.464 e. The van der Waals surface area contributed by atoms with Crippen molar-refractivity contribution in [2.24, 2.45) is 10.9 Å². The second-order valence-corrected chi connectivity index (χ2v) is 9.34. The Morgan fingerprint density at radius 1 is 0.757 bits per heavy atom. The van der Waals surface area contributed by atoms with Gasteiger partial charge in [0, 0.05) is 30.1 Å². The van der Waals surface area contributed by atoms with Crippen LogP contribution in [0.4, 0.5) is 0 Å². The molecule has 37 heavy (non-hydrogen) atoms. The first-order valence-electron chi connectivity index (χ1n) is 12.9. The van der Waals surface area contributed by atoms with Crippen LogP contribution < -0.4 is 0 Å². The molecule has 0 bridgehead atoms. The third-order valence-corrected chi connectivity index (χ3v) is 6.87. The molecule has 4 aromatic carbocycles. The molecule has 1 heterocycles. The Bertz CT molecular complexity index is 1220. The van der Waals surface area contributed by atoms with Crippen LogP contribution in [0.5, 0.6) is 0 Å². The second-order valence-electron chi connectivity index (χ2n) is 9.34. The number of hydrogen-bond donors (Lipinski definition) is 0. The predicted octanol–water partition coefficient (Wildman–Crippen LogP) is 6.18. The molecule has 4 heteroatoms. The number of carbonyl (C=O) groups excluding carboxylic acids is 1. The van der Waals surface area contributed by atoms with E-state index in [2.05, 4.69) is 53.4 Å². The van der Waals surface area contributed by atoms with E-state index < -0.39 is 6.04 Å². The standard InChI is InChI=1S/C33H32N2O2/c1-2-37-33(36)31(34-30(25-15-7-3-8-16-25)26-17-9-4-10-18-26)29-23-35(24-29)32(27-19-11-5-12-20-27)28-21-13-6-14-22-28/h3-22,29,31-32H,2,23-24H2,1H3. The van der Waals surface area contributed by atoms with Gasteiger partial charge in [-0.3, -0.25) is 9.89 Å². The summed E-state index contributed by atoms with van der Waals surface area (Å²) in [5, 5.41) is 0. The zero-order valence-electron chi connectivity index (χ0n) is 21.1. The minimum absolute atomic E-state index is 0.0661. The highest BCUT2D eigenvalue weighted by atomic mass is 16.5. The largest absolute Gasteiger partial charge is 0.464 e. The summed E-state index contributed by atoms with van der Waals surface area (Å²) in [7, 11) is 0. The Balaban J connectivity index is 1.46. The molecule has 0 aliphatic carbocycles. The van der Waals surface area contributed by atoms with Gasteiger partial charge in [-0.25, -0.2) is 4.79 Å². The molecule has 1 aliphatic heterocycles. The van der Waals surface area contributed by atoms with Crippen molar-refractivity contribution < 1.29 is 9.53 Å². The maximum absolute atomic E-state index is 13.2. The molecule has 0 spiro atoms. The van der Waals surface area contributed by atoms with E-state index in [1.807, 2.05) is 79.7 Å². The van der Waals surface area contributed by atoms with E-state index in [9.17, 15) is 4.79 Å². The van der Waals surface area contributed by atoms with Gasteiger partial charge in [0.1, 0.15) is 0 Å². The fourth-order valence-electron chi connectivity index (χ4n) is 5.07. The lowest BCUT2D eigenvalue weighted by Gasteiger charge is -2.46. The Hall–Kier alpha value is -4.02. The highest BCUT2D eigenvalue weighted by Gasteiger charge is 2.42. The van der Waals surface area contributed by atoms with E-state index in [1.54, 1.807) is 0 Å². The summed E-state index contributed by atoms with van der Waals surface area (Å²) < 4.78 is 5.53. The predicted molar refractivity (Wildman–Crippen MR) is 149 cm³/mol. The van der Waals surface area contributed by atoms with Crippen LogP contribution in [0.1, 0.15) is 35.2 Å². The summed E-state index contributed by atoms with van der Waals surface area (Å²) in [6.45, 7) is 3.71. The molecule has 4 nitrogen and oxygen atoms in total. The molecule has 4 aromatic rings. The van der Waals surface area contributed by atoms with Crippen molar-refractivity contribution in [3.05, 3.63) is 144 Å². The zero-order valence-corrected chi connectivity index (χ0v) is 21.1. The van der Waals surface area contributed by atoms with Gasteiger partial charge in [0.25, 0.3) is 0 Å². The summed E-state index contributed by atoms with van der Waals surface area (Å²) in [4.78, 5) is 20.8. The lowest BCUT2D eigenvalue weighted by Crippen LogP contribution is -2.55. The van der Waals surface area contributed by atoms with Crippen molar-refractivity contribution in [3.63, 3.8) is 0 Å². The van der Waals surface area contributed by atoms with Crippen LogP contribution in [-0.2, 0) is 9.53 Å². The van der Waals surface area contributed by atoms with Crippen LogP contribution in [0, 0.1) is 5.92 Å². The smallest absolute Gasteiger partial charge is 0.331 e. The average Bonchev–Trinajstić information content (AvgIpc) is 2.94. The maximum atomic E-state index is 13.2. The van der Waals surface area contributed by atoms with Crippen molar-refractivity contribution in [1.29, 1.82) is 0 Å². The molecular weight excluding hydrogens is 456 g/mol. The van der Waals surface area contributed by atoms with E-state index in [1.165, 1.54) is 11.1 Å². The average molecular weight is 489 g/mol. The van der Waals surface area contributed by atoms with Gasteiger partial charge in [0.15, 0.2) is 6.04 Å². The summed E-state index contributed by atoms with van der Waals surface area (Å²) in [5.74, 6) is -0.191. The number of esters is 1. The molecule has 0 saturated carbocycles. The SMILES string of the molecule is CCOC(=O)C(N=C(c1ccccc1)c1ccccc1)C1CN(C(c2ccccc2)c2ccccc2)C1. The van der Waals surface area contributed by atoms with Crippen LogP contribution in [0.25, 0.3) is 0 Å². The fourth-order valence-corrected chi connectivity index (χ4v) is 5.07. The van der Waals surface area contributed by atoms with Gasteiger partial charge in [-0.05, 0) is 18.1 Å². The van der Waals surface area contributed by atoms with Gasteiger partial charge in [-0.15, -0.1) is 0 Å². The van der Waals surface area contributed by atoms with Crippen molar-refractivity contribution >= 4 is 11.7 Å². The Kier molecular flexibility index (Phi) is 7.87. The second kappa shape index (κ2) is 11.8. The van der Waals surface area contributed by atoms with Gasteiger partial charge >= 0.3 is 5.97 Å². The molecule has 1 aliphatic rings. The highest BCUT2D eigenvalue weighted by Crippen LogP contribution is 2.36.